The Kier molecular flexibility index (Phi) is 7.23. The van der Waals surface area contributed by atoms with Gasteiger partial charge in [-0.05, 0) is 57.7 Å². The predicted octanol–water partition coefficient (Wildman–Crippen LogP) is 4.54. The van der Waals surface area contributed by atoms with E-state index < -0.39 is 34.0 Å². The van der Waals surface area contributed by atoms with Crippen molar-refractivity contribution < 1.29 is 32.2 Å². The third-order valence-corrected chi connectivity index (χ3v) is 7.83. The van der Waals surface area contributed by atoms with Crippen molar-refractivity contribution in [3.05, 3.63) is 82.1 Å². The minimum absolute atomic E-state index is 0.0638. The number of carbonyl (C=O) groups excluding carboxylic acids is 1. The van der Waals surface area contributed by atoms with Crippen molar-refractivity contribution in [1.29, 1.82) is 0 Å². The lowest BCUT2D eigenvalue weighted by Gasteiger charge is -2.31. The molecule has 0 saturated carbocycles. The number of benzene rings is 3. The van der Waals surface area contributed by atoms with E-state index in [9.17, 15) is 22.4 Å². The van der Waals surface area contributed by atoms with Crippen LogP contribution in [0, 0.1) is 5.82 Å². The van der Waals surface area contributed by atoms with Gasteiger partial charge in [-0.25, -0.2) is 17.6 Å². The average molecular weight is 562 g/mol. The molecule has 0 spiro atoms. The summed E-state index contributed by atoms with van der Waals surface area (Å²) in [6, 6.07) is 15.9. The van der Waals surface area contributed by atoms with Gasteiger partial charge in [-0.15, -0.1) is 0 Å². The molecule has 0 aromatic heterocycles. The number of carbonyl (C=O) groups is 2. The Morgan fingerprint density at radius 1 is 1.03 bits per heavy atom. The van der Waals surface area contributed by atoms with E-state index in [4.69, 9.17) is 9.84 Å². The maximum absolute atomic E-state index is 14.7. The van der Waals surface area contributed by atoms with Crippen LogP contribution in [0.2, 0.25) is 0 Å². The summed E-state index contributed by atoms with van der Waals surface area (Å²) in [5, 5.41) is 9.02. The molecule has 35 heavy (non-hydrogen) atoms. The monoisotopic (exact) mass is 561 g/mol. The van der Waals surface area contributed by atoms with E-state index in [1.165, 1.54) is 18.2 Å². The van der Waals surface area contributed by atoms with Crippen LogP contribution in [0.3, 0.4) is 0 Å². The smallest absolute Gasteiger partial charge is 0.341 e. The number of sulfone groups is 1. The number of carboxylic acid groups (broad SMARTS) is 1. The molecule has 0 radical (unpaired) electrons. The summed E-state index contributed by atoms with van der Waals surface area (Å²) >= 11 is 3.21. The Morgan fingerprint density at radius 3 is 2.37 bits per heavy atom. The molecule has 0 aliphatic carbocycles. The first-order chi connectivity index (χ1) is 16.7. The van der Waals surface area contributed by atoms with Gasteiger partial charge in [-0.1, -0.05) is 36.4 Å². The van der Waals surface area contributed by atoms with E-state index in [1.807, 2.05) is 30.3 Å². The highest BCUT2D eigenvalue weighted by atomic mass is 79.9. The second kappa shape index (κ2) is 10.2. The topological polar surface area (TPSA) is 101 Å². The minimum Gasteiger partial charge on any atom is -0.479 e. The Labute approximate surface area is 210 Å². The van der Waals surface area contributed by atoms with Crippen LogP contribution in [-0.2, 0) is 20.4 Å². The number of carboxylic acids is 1. The van der Waals surface area contributed by atoms with E-state index in [2.05, 4.69) is 15.9 Å². The van der Waals surface area contributed by atoms with E-state index >= 15 is 0 Å². The van der Waals surface area contributed by atoms with Crippen molar-refractivity contribution in [3.8, 4) is 16.9 Å². The van der Waals surface area contributed by atoms with Crippen LogP contribution in [0.4, 0.5) is 4.39 Å². The quantitative estimate of drug-likeness (QED) is 0.433. The van der Waals surface area contributed by atoms with Crippen molar-refractivity contribution in [3.63, 3.8) is 0 Å². The summed E-state index contributed by atoms with van der Waals surface area (Å²) in [5.41, 5.74) is 1.48. The maximum Gasteiger partial charge on any atom is 0.341 e. The van der Waals surface area contributed by atoms with Crippen LogP contribution in [0.5, 0.6) is 5.75 Å². The molecule has 3 aromatic rings. The second-order valence-corrected chi connectivity index (χ2v) is 10.9. The van der Waals surface area contributed by atoms with Crippen LogP contribution in [0.15, 0.2) is 70.0 Å². The SMILES string of the molecule is O=C(O)COc1c(Br)cc(C(=O)N2CCC2)cc1S(=O)(=O)Cc1cc(-c2ccccc2)ccc1F. The number of halogens is 2. The average Bonchev–Trinajstić information content (AvgIpc) is 2.78. The summed E-state index contributed by atoms with van der Waals surface area (Å²) in [6.07, 6.45) is 0.856. The minimum atomic E-state index is -4.26. The van der Waals surface area contributed by atoms with E-state index in [0.29, 0.717) is 18.7 Å². The normalized spacial score (nSPS) is 13.3. The van der Waals surface area contributed by atoms with E-state index in [-0.39, 0.29) is 32.2 Å². The summed E-state index contributed by atoms with van der Waals surface area (Å²) in [7, 11) is -4.26. The zero-order chi connectivity index (χ0) is 25.2. The number of hydrogen-bond donors (Lipinski definition) is 1. The summed E-state index contributed by atoms with van der Waals surface area (Å²) in [5.74, 6) is -3.31. The van der Waals surface area contributed by atoms with Crippen molar-refractivity contribution in [2.45, 2.75) is 17.1 Å². The number of likely N-dealkylation sites (tertiary alicyclic amines) is 1. The molecule has 1 aliphatic rings. The molecule has 3 aromatic carbocycles. The van der Waals surface area contributed by atoms with Gasteiger partial charge >= 0.3 is 5.97 Å². The van der Waals surface area contributed by atoms with Gasteiger partial charge in [-0.2, -0.15) is 0 Å². The molecule has 1 N–H and O–H groups in total. The van der Waals surface area contributed by atoms with Crippen molar-refractivity contribution in [2.75, 3.05) is 19.7 Å². The molecular formula is C25H21BrFNO6S. The lowest BCUT2D eigenvalue weighted by molar-refractivity contribution is -0.139. The number of hydrogen-bond acceptors (Lipinski definition) is 5. The molecule has 4 rings (SSSR count). The van der Waals surface area contributed by atoms with Crippen molar-refractivity contribution in [2.24, 2.45) is 0 Å². The number of aliphatic carboxylic acids is 1. The van der Waals surface area contributed by atoms with E-state index in [0.717, 1.165) is 18.1 Å². The predicted molar refractivity (Wildman–Crippen MR) is 131 cm³/mol. The largest absolute Gasteiger partial charge is 0.479 e. The molecule has 7 nitrogen and oxygen atoms in total. The van der Waals surface area contributed by atoms with Gasteiger partial charge in [0.05, 0.1) is 10.2 Å². The summed E-state index contributed by atoms with van der Waals surface area (Å²) in [4.78, 5) is 25.0. The highest BCUT2D eigenvalue weighted by molar-refractivity contribution is 9.10. The molecule has 1 saturated heterocycles. The third-order valence-electron chi connectivity index (χ3n) is 5.57. The Bertz CT molecular complexity index is 1390. The van der Waals surface area contributed by atoms with Gasteiger partial charge in [-0.3, -0.25) is 4.79 Å². The third kappa shape index (κ3) is 5.54. The molecule has 0 unspecified atom stereocenters. The maximum atomic E-state index is 14.7. The van der Waals surface area contributed by atoms with Crippen LogP contribution < -0.4 is 4.74 Å². The molecule has 1 fully saturated rings. The van der Waals surface area contributed by atoms with Gasteiger partial charge in [0.15, 0.2) is 22.2 Å². The lowest BCUT2D eigenvalue weighted by Crippen LogP contribution is -2.42. The van der Waals surface area contributed by atoms with Gasteiger partial charge < -0.3 is 14.7 Å². The fourth-order valence-electron chi connectivity index (χ4n) is 3.68. The molecule has 10 heteroatoms. The van der Waals surface area contributed by atoms with Gasteiger partial charge in [0, 0.05) is 24.2 Å². The first-order valence-electron chi connectivity index (χ1n) is 10.7. The highest BCUT2D eigenvalue weighted by Gasteiger charge is 2.29. The summed E-state index contributed by atoms with van der Waals surface area (Å²) < 4.78 is 47.1. The molecular weight excluding hydrogens is 541 g/mol. The van der Waals surface area contributed by atoms with E-state index in [1.54, 1.807) is 11.0 Å². The number of rotatable bonds is 8. The number of amides is 1. The Morgan fingerprint density at radius 2 is 1.74 bits per heavy atom. The molecule has 0 bridgehead atoms. The molecule has 1 amide bonds. The standard InChI is InChI=1S/C25H21BrFNO6S/c26-20-12-18(25(31)28-9-4-10-28)13-22(24(20)34-14-23(29)30)35(32,33)15-19-11-17(7-8-21(19)27)16-5-2-1-3-6-16/h1-3,5-8,11-13H,4,9-10,14-15H2,(H,29,30). The number of ether oxygens (including phenoxy) is 1. The van der Waals surface area contributed by atoms with Gasteiger partial charge in [0.1, 0.15) is 10.7 Å². The highest BCUT2D eigenvalue weighted by Crippen LogP contribution is 2.37. The van der Waals surface area contributed by atoms with Crippen LogP contribution in [0.1, 0.15) is 22.3 Å². The molecule has 1 aliphatic heterocycles. The first kappa shape index (κ1) is 24.9. The fourth-order valence-corrected chi connectivity index (χ4v) is 5.93. The Hall–Kier alpha value is -3.24. The zero-order valence-electron chi connectivity index (χ0n) is 18.4. The van der Waals surface area contributed by atoms with Crippen LogP contribution in [-0.4, -0.2) is 50.0 Å². The second-order valence-electron chi connectivity index (χ2n) is 8.04. The van der Waals surface area contributed by atoms with Gasteiger partial charge in [0.2, 0.25) is 0 Å². The van der Waals surface area contributed by atoms with Crippen LogP contribution >= 0.6 is 15.9 Å². The van der Waals surface area contributed by atoms with Crippen LogP contribution in [0.25, 0.3) is 11.1 Å². The zero-order valence-corrected chi connectivity index (χ0v) is 20.8. The number of nitrogens with zero attached hydrogens (tertiary/aromatic N) is 1. The Balaban J connectivity index is 1.76. The molecule has 1 heterocycles. The van der Waals surface area contributed by atoms with Gasteiger partial charge in [0.25, 0.3) is 5.91 Å². The molecule has 182 valence electrons. The lowest BCUT2D eigenvalue weighted by atomic mass is 10.0. The summed E-state index contributed by atoms with van der Waals surface area (Å²) in [6.45, 7) is 0.332. The molecule has 0 atom stereocenters. The first-order valence-corrected chi connectivity index (χ1v) is 13.1. The van der Waals surface area contributed by atoms with Crippen molar-refractivity contribution in [1.82, 2.24) is 4.90 Å². The fraction of sp³-hybridized carbons (Fsp3) is 0.200. The van der Waals surface area contributed by atoms with Crippen molar-refractivity contribution >= 4 is 37.6 Å².